The standard InChI is InChI=1S/C15H16N4O/c20-15(13-7-3-8-16-13)19-18-10-12-5-1-4-11-6-2-9-17-14(11)12/h1-2,4-6,9-10,13,16H,3,7-8H2,(H,19,20). The van der Waals surface area contributed by atoms with E-state index >= 15 is 0 Å². The van der Waals surface area contributed by atoms with Crippen LogP contribution in [0.5, 0.6) is 0 Å². The van der Waals surface area contributed by atoms with Crippen LogP contribution in [-0.2, 0) is 4.79 Å². The Morgan fingerprint density at radius 3 is 3.15 bits per heavy atom. The third kappa shape index (κ3) is 2.67. The summed E-state index contributed by atoms with van der Waals surface area (Å²) in [5.74, 6) is -0.0769. The average molecular weight is 268 g/mol. The third-order valence-electron chi connectivity index (χ3n) is 3.42. The van der Waals surface area contributed by atoms with Crippen LogP contribution in [0, 0.1) is 0 Å². The monoisotopic (exact) mass is 268 g/mol. The Bertz CT molecular complexity index is 642. The maximum atomic E-state index is 11.8. The normalized spacial score (nSPS) is 18.7. The number of rotatable bonds is 3. The molecule has 102 valence electrons. The molecule has 5 nitrogen and oxygen atoms in total. The molecule has 0 bridgehead atoms. The van der Waals surface area contributed by atoms with E-state index in [2.05, 4.69) is 20.8 Å². The minimum Gasteiger partial charge on any atom is -0.306 e. The van der Waals surface area contributed by atoms with Crippen LogP contribution in [0.25, 0.3) is 10.9 Å². The zero-order chi connectivity index (χ0) is 13.8. The van der Waals surface area contributed by atoms with Gasteiger partial charge in [-0.2, -0.15) is 5.10 Å². The summed E-state index contributed by atoms with van der Waals surface area (Å²) >= 11 is 0. The second-order valence-electron chi connectivity index (χ2n) is 4.81. The lowest BCUT2D eigenvalue weighted by molar-refractivity contribution is -0.122. The van der Waals surface area contributed by atoms with Gasteiger partial charge in [0.15, 0.2) is 0 Å². The number of para-hydroxylation sites is 1. The zero-order valence-electron chi connectivity index (χ0n) is 11.0. The van der Waals surface area contributed by atoms with Gasteiger partial charge >= 0.3 is 0 Å². The first-order valence-electron chi connectivity index (χ1n) is 6.74. The Labute approximate surface area is 117 Å². The van der Waals surface area contributed by atoms with Crippen molar-refractivity contribution >= 4 is 23.0 Å². The molecular weight excluding hydrogens is 252 g/mol. The lowest BCUT2D eigenvalue weighted by atomic mass is 10.1. The van der Waals surface area contributed by atoms with Crippen LogP contribution in [0.4, 0.5) is 0 Å². The summed E-state index contributed by atoms with van der Waals surface area (Å²) in [7, 11) is 0. The second kappa shape index (κ2) is 5.79. The van der Waals surface area contributed by atoms with E-state index in [1.165, 1.54) is 0 Å². The van der Waals surface area contributed by atoms with E-state index in [4.69, 9.17) is 0 Å². The van der Waals surface area contributed by atoms with Gasteiger partial charge in [0.2, 0.25) is 0 Å². The molecule has 1 aromatic heterocycles. The van der Waals surface area contributed by atoms with Crippen LogP contribution in [0.2, 0.25) is 0 Å². The average Bonchev–Trinajstić information content (AvgIpc) is 3.02. The zero-order valence-corrected chi connectivity index (χ0v) is 11.0. The van der Waals surface area contributed by atoms with Gasteiger partial charge in [-0.05, 0) is 25.5 Å². The Balaban J connectivity index is 1.72. The molecule has 1 amide bonds. The number of hydrogen-bond donors (Lipinski definition) is 2. The van der Waals surface area contributed by atoms with Crippen molar-refractivity contribution in [1.29, 1.82) is 0 Å². The van der Waals surface area contributed by atoms with Gasteiger partial charge in [0.1, 0.15) is 0 Å². The summed E-state index contributed by atoms with van der Waals surface area (Å²) in [4.78, 5) is 16.1. The molecule has 3 rings (SSSR count). The van der Waals surface area contributed by atoms with Gasteiger partial charge in [-0.15, -0.1) is 0 Å². The number of carbonyl (C=O) groups excluding carboxylic acids is 1. The SMILES string of the molecule is O=C(NN=Cc1cccc2cccnc12)C1CCCN1. The Morgan fingerprint density at radius 1 is 1.40 bits per heavy atom. The fourth-order valence-electron chi connectivity index (χ4n) is 2.38. The fourth-order valence-corrected chi connectivity index (χ4v) is 2.38. The highest BCUT2D eigenvalue weighted by Crippen LogP contribution is 2.13. The molecule has 0 aliphatic carbocycles. The van der Waals surface area contributed by atoms with Gasteiger partial charge in [0.25, 0.3) is 5.91 Å². The number of carbonyl (C=O) groups is 1. The minimum atomic E-state index is -0.113. The maximum Gasteiger partial charge on any atom is 0.257 e. The molecule has 20 heavy (non-hydrogen) atoms. The fraction of sp³-hybridized carbons (Fsp3) is 0.267. The molecule has 1 aliphatic heterocycles. The number of nitrogens with one attached hydrogen (secondary N) is 2. The summed E-state index contributed by atoms with van der Waals surface area (Å²) in [6.45, 7) is 0.898. The first kappa shape index (κ1) is 12.7. The highest BCUT2D eigenvalue weighted by Gasteiger charge is 2.21. The lowest BCUT2D eigenvalue weighted by Gasteiger charge is -2.07. The van der Waals surface area contributed by atoms with Crippen molar-refractivity contribution in [3.05, 3.63) is 42.1 Å². The number of amides is 1. The summed E-state index contributed by atoms with van der Waals surface area (Å²) in [6.07, 6.45) is 5.30. The van der Waals surface area contributed by atoms with Gasteiger partial charge < -0.3 is 5.32 Å². The largest absolute Gasteiger partial charge is 0.306 e. The first-order chi connectivity index (χ1) is 9.84. The molecule has 2 aromatic rings. The van der Waals surface area contributed by atoms with Crippen molar-refractivity contribution in [3.8, 4) is 0 Å². The second-order valence-corrected chi connectivity index (χ2v) is 4.81. The molecule has 0 radical (unpaired) electrons. The van der Waals surface area contributed by atoms with Crippen molar-refractivity contribution in [2.75, 3.05) is 6.54 Å². The summed E-state index contributed by atoms with van der Waals surface area (Å²) < 4.78 is 0. The Morgan fingerprint density at radius 2 is 2.30 bits per heavy atom. The van der Waals surface area contributed by atoms with Gasteiger partial charge in [0.05, 0.1) is 17.8 Å². The lowest BCUT2D eigenvalue weighted by Crippen LogP contribution is -2.38. The number of hydrazone groups is 1. The summed E-state index contributed by atoms with van der Waals surface area (Å²) in [5, 5.41) is 8.22. The molecule has 1 aromatic carbocycles. The molecule has 0 saturated carbocycles. The van der Waals surface area contributed by atoms with Crippen LogP contribution in [-0.4, -0.2) is 29.7 Å². The highest BCUT2D eigenvalue weighted by molar-refractivity contribution is 5.97. The molecule has 0 spiro atoms. The predicted molar refractivity (Wildman–Crippen MR) is 78.5 cm³/mol. The van der Waals surface area contributed by atoms with E-state index in [9.17, 15) is 4.79 Å². The van der Waals surface area contributed by atoms with Crippen molar-refractivity contribution < 1.29 is 4.79 Å². The highest BCUT2D eigenvalue weighted by atomic mass is 16.2. The predicted octanol–water partition coefficient (Wildman–Crippen LogP) is 1.44. The number of pyridine rings is 1. The van der Waals surface area contributed by atoms with Crippen LogP contribution < -0.4 is 10.7 Å². The first-order valence-corrected chi connectivity index (χ1v) is 6.74. The molecule has 5 heteroatoms. The number of hydrogen-bond acceptors (Lipinski definition) is 4. The molecule has 2 N–H and O–H groups in total. The van der Waals surface area contributed by atoms with Gasteiger partial charge in [-0.3, -0.25) is 9.78 Å². The number of nitrogens with zero attached hydrogens (tertiary/aromatic N) is 2. The van der Waals surface area contributed by atoms with Gasteiger partial charge in [-0.1, -0.05) is 24.3 Å². The van der Waals surface area contributed by atoms with Crippen LogP contribution in [0.15, 0.2) is 41.6 Å². The van der Waals surface area contributed by atoms with Crippen molar-refractivity contribution in [2.24, 2.45) is 5.10 Å². The third-order valence-corrected chi connectivity index (χ3v) is 3.42. The summed E-state index contributed by atoms with van der Waals surface area (Å²) in [6, 6.07) is 9.67. The van der Waals surface area contributed by atoms with E-state index in [0.29, 0.717) is 0 Å². The van der Waals surface area contributed by atoms with Gasteiger partial charge in [-0.25, -0.2) is 5.43 Å². The van der Waals surface area contributed by atoms with E-state index in [0.717, 1.165) is 35.9 Å². The quantitative estimate of drug-likeness (QED) is 0.654. The number of fused-ring (bicyclic) bond motifs is 1. The van der Waals surface area contributed by atoms with Crippen molar-refractivity contribution in [2.45, 2.75) is 18.9 Å². The molecule has 1 unspecified atom stereocenters. The van der Waals surface area contributed by atoms with Crippen LogP contribution in [0.3, 0.4) is 0 Å². The van der Waals surface area contributed by atoms with E-state index < -0.39 is 0 Å². The van der Waals surface area contributed by atoms with Crippen molar-refractivity contribution in [1.82, 2.24) is 15.7 Å². The molecular formula is C15H16N4O. The van der Waals surface area contributed by atoms with Crippen LogP contribution in [0.1, 0.15) is 18.4 Å². The van der Waals surface area contributed by atoms with E-state index in [1.54, 1.807) is 12.4 Å². The van der Waals surface area contributed by atoms with Crippen LogP contribution >= 0.6 is 0 Å². The van der Waals surface area contributed by atoms with E-state index in [1.807, 2.05) is 30.3 Å². The maximum absolute atomic E-state index is 11.8. The van der Waals surface area contributed by atoms with Crippen molar-refractivity contribution in [3.63, 3.8) is 0 Å². The smallest absolute Gasteiger partial charge is 0.257 e. The minimum absolute atomic E-state index is 0.0769. The molecule has 1 saturated heterocycles. The number of benzene rings is 1. The molecule has 2 heterocycles. The Hall–Kier alpha value is -2.27. The van der Waals surface area contributed by atoms with Gasteiger partial charge in [0, 0.05) is 17.1 Å². The number of aromatic nitrogens is 1. The Kier molecular flexibility index (Phi) is 3.69. The molecule has 1 aliphatic rings. The molecule has 1 atom stereocenters. The summed E-state index contributed by atoms with van der Waals surface area (Å²) in [5.41, 5.74) is 4.35. The topological polar surface area (TPSA) is 66.4 Å². The molecule has 1 fully saturated rings. The van der Waals surface area contributed by atoms with E-state index in [-0.39, 0.29) is 11.9 Å².